The topological polar surface area (TPSA) is 59.3 Å². The number of nitrogens with zero attached hydrogens (tertiary/aromatic N) is 2. The highest BCUT2D eigenvalue weighted by molar-refractivity contribution is 6.05. The fourth-order valence-electron chi connectivity index (χ4n) is 4.18. The molecule has 0 amide bonds. The fraction of sp³-hybridized carbons (Fsp3) is 0.0741. The molecule has 32 heavy (non-hydrogen) atoms. The van der Waals surface area contributed by atoms with Gasteiger partial charge in [0.15, 0.2) is 11.5 Å². The van der Waals surface area contributed by atoms with Gasteiger partial charge in [-0.3, -0.25) is 0 Å². The van der Waals surface area contributed by atoms with Crippen molar-refractivity contribution in [3.8, 4) is 33.9 Å². The Kier molecular flexibility index (Phi) is 4.79. The number of aromatic hydroxyl groups is 1. The van der Waals surface area contributed by atoms with Crippen LogP contribution in [0, 0.1) is 0 Å². The number of hydrogen-bond acceptors (Lipinski definition) is 4. The smallest absolute Gasteiger partial charge is 0.161 e. The predicted octanol–water partition coefficient (Wildman–Crippen LogP) is 6.26. The van der Waals surface area contributed by atoms with Gasteiger partial charge in [-0.1, -0.05) is 73.3 Å². The lowest BCUT2D eigenvalue weighted by molar-refractivity contribution is 0.373. The number of rotatable bonds is 4. The highest BCUT2D eigenvalue weighted by atomic mass is 16.5. The molecule has 1 aliphatic heterocycles. The summed E-state index contributed by atoms with van der Waals surface area (Å²) in [5.41, 5.74) is 7.53. The standard InChI is InChI=1S/C27H23N3O2/c1-17-24(21-14-15-22(31)23(16-21)32-3)18(2)30-27(28-17)25(19-10-6-4-7-11-19)26(29-30)20-12-8-5-9-13-20/h4-16,28,31H,2H2,1,3H3. The van der Waals surface area contributed by atoms with Crippen molar-refractivity contribution in [2.45, 2.75) is 6.92 Å². The molecule has 1 aliphatic rings. The summed E-state index contributed by atoms with van der Waals surface area (Å²) in [6, 6.07) is 25.7. The summed E-state index contributed by atoms with van der Waals surface area (Å²) >= 11 is 0. The van der Waals surface area contributed by atoms with E-state index in [2.05, 4.69) is 36.2 Å². The van der Waals surface area contributed by atoms with Crippen molar-refractivity contribution in [1.29, 1.82) is 0 Å². The molecule has 0 saturated carbocycles. The largest absolute Gasteiger partial charge is 0.504 e. The zero-order chi connectivity index (χ0) is 22.2. The minimum atomic E-state index is 0.0985. The van der Waals surface area contributed by atoms with Crippen LogP contribution in [0.5, 0.6) is 11.5 Å². The second-order valence-corrected chi connectivity index (χ2v) is 7.67. The Morgan fingerprint density at radius 2 is 1.56 bits per heavy atom. The van der Waals surface area contributed by atoms with E-state index in [1.165, 1.54) is 7.11 Å². The van der Waals surface area contributed by atoms with Gasteiger partial charge in [-0.05, 0) is 30.2 Å². The summed E-state index contributed by atoms with van der Waals surface area (Å²) in [5.74, 6) is 1.39. The van der Waals surface area contributed by atoms with Gasteiger partial charge in [-0.15, -0.1) is 0 Å². The lowest BCUT2D eigenvalue weighted by Gasteiger charge is -2.25. The number of phenols is 1. The Labute approximate surface area is 186 Å². The normalized spacial score (nSPS) is 13.0. The van der Waals surface area contributed by atoms with E-state index in [9.17, 15) is 5.11 Å². The van der Waals surface area contributed by atoms with E-state index in [1.54, 1.807) is 6.07 Å². The first-order valence-electron chi connectivity index (χ1n) is 10.4. The minimum absolute atomic E-state index is 0.0985. The maximum Gasteiger partial charge on any atom is 0.161 e. The van der Waals surface area contributed by atoms with Crippen LogP contribution in [-0.4, -0.2) is 22.0 Å². The van der Waals surface area contributed by atoms with Crippen LogP contribution in [0.3, 0.4) is 0 Å². The third kappa shape index (κ3) is 3.15. The summed E-state index contributed by atoms with van der Waals surface area (Å²) < 4.78 is 7.18. The number of methoxy groups -OCH3 is 1. The molecule has 2 N–H and O–H groups in total. The van der Waals surface area contributed by atoms with E-state index >= 15 is 0 Å². The van der Waals surface area contributed by atoms with Gasteiger partial charge >= 0.3 is 0 Å². The maximum atomic E-state index is 10.0. The number of anilines is 1. The van der Waals surface area contributed by atoms with Crippen LogP contribution in [-0.2, 0) is 0 Å². The van der Waals surface area contributed by atoms with Gasteiger partial charge in [0.1, 0.15) is 11.5 Å². The Balaban J connectivity index is 1.70. The van der Waals surface area contributed by atoms with E-state index in [4.69, 9.17) is 9.84 Å². The second-order valence-electron chi connectivity index (χ2n) is 7.67. The van der Waals surface area contributed by atoms with E-state index in [1.807, 2.05) is 60.1 Å². The summed E-state index contributed by atoms with van der Waals surface area (Å²) in [5, 5.41) is 18.6. The summed E-state index contributed by atoms with van der Waals surface area (Å²) in [6.07, 6.45) is 0. The first-order chi connectivity index (χ1) is 15.6. The molecule has 5 heteroatoms. The van der Waals surface area contributed by atoms with Gasteiger partial charge in [-0.25, -0.2) is 4.68 Å². The highest BCUT2D eigenvalue weighted by Gasteiger charge is 2.28. The van der Waals surface area contributed by atoms with Crippen molar-refractivity contribution in [2.24, 2.45) is 0 Å². The Morgan fingerprint density at radius 1 is 0.906 bits per heavy atom. The lowest BCUT2D eigenvalue weighted by Crippen LogP contribution is -2.15. The van der Waals surface area contributed by atoms with Crippen molar-refractivity contribution in [3.05, 3.63) is 96.7 Å². The first kappa shape index (κ1) is 19.7. The molecule has 4 aromatic rings. The average molecular weight is 422 g/mol. The SMILES string of the molecule is C=C1C(c2ccc(O)c(OC)c2)=C(C)Nc2c(-c3ccccc3)c(-c3ccccc3)nn21. The highest BCUT2D eigenvalue weighted by Crippen LogP contribution is 2.45. The summed E-state index contributed by atoms with van der Waals surface area (Å²) in [6.45, 7) is 6.40. The molecule has 3 aromatic carbocycles. The Morgan fingerprint density at radius 3 is 2.22 bits per heavy atom. The van der Waals surface area contributed by atoms with Crippen LogP contribution in [0.4, 0.5) is 5.82 Å². The van der Waals surface area contributed by atoms with Gasteiger partial charge in [0.2, 0.25) is 0 Å². The number of phenolic OH excluding ortho intramolecular Hbond substituents is 1. The van der Waals surface area contributed by atoms with E-state index in [-0.39, 0.29) is 5.75 Å². The van der Waals surface area contributed by atoms with Crippen LogP contribution >= 0.6 is 0 Å². The third-order valence-corrected chi connectivity index (χ3v) is 5.69. The van der Waals surface area contributed by atoms with Gasteiger partial charge in [-0.2, -0.15) is 5.10 Å². The first-order valence-corrected chi connectivity index (χ1v) is 10.4. The van der Waals surface area contributed by atoms with Crippen molar-refractivity contribution in [3.63, 3.8) is 0 Å². The fourth-order valence-corrected chi connectivity index (χ4v) is 4.18. The molecule has 5 nitrogen and oxygen atoms in total. The molecule has 0 saturated heterocycles. The zero-order valence-electron chi connectivity index (χ0n) is 18.0. The monoisotopic (exact) mass is 421 g/mol. The Hall–Kier alpha value is -4.25. The molecule has 0 unspecified atom stereocenters. The molecule has 0 aliphatic carbocycles. The average Bonchev–Trinajstić information content (AvgIpc) is 3.21. The van der Waals surface area contributed by atoms with Crippen LogP contribution in [0.1, 0.15) is 12.5 Å². The van der Waals surface area contributed by atoms with E-state index < -0.39 is 0 Å². The third-order valence-electron chi connectivity index (χ3n) is 5.69. The lowest BCUT2D eigenvalue weighted by atomic mass is 9.97. The molecule has 2 heterocycles. The number of allylic oxidation sites excluding steroid dienone is 3. The molecule has 158 valence electrons. The predicted molar refractivity (Wildman–Crippen MR) is 129 cm³/mol. The number of ether oxygens (including phenoxy) is 1. The van der Waals surface area contributed by atoms with Gasteiger partial charge in [0.05, 0.1) is 18.4 Å². The van der Waals surface area contributed by atoms with Gasteiger partial charge in [0.25, 0.3) is 0 Å². The van der Waals surface area contributed by atoms with Crippen molar-refractivity contribution in [1.82, 2.24) is 9.78 Å². The van der Waals surface area contributed by atoms with Crippen LogP contribution < -0.4 is 10.1 Å². The molecule has 5 rings (SSSR count). The molecule has 0 fully saturated rings. The molecule has 1 aromatic heterocycles. The molecule has 0 radical (unpaired) electrons. The molecular formula is C27H23N3O2. The maximum absolute atomic E-state index is 10.0. The van der Waals surface area contributed by atoms with Crippen LogP contribution in [0.15, 0.2) is 91.1 Å². The van der Waals surface area contributed by atoms with Gasteiger partial charge < -0.3 is 15.2 Å². The number of nitrogens with one attached hydrogen (secondary N) is 1. The van der Waals surface area contributed by atoms with Crippen molar-refractivity contribution >= 4 is 17.1 Å². The van der Waals surface area contributed by atoms with Crippen LogP contribution in [0.2, 0.25) is 0 Å². The summed E-state index contributed by atoms with van der Waals surface area (Å²) in [4.78, 5) is 0. The van der Waals surface area contributed by atoms with E-state index in [0.717, 1.165) is 50.7 Å². The van der Waals surface area contributed by atoms with Crippen molar-refractivity contribution < 1.29 is 9.84 Å². The zero-order valence-corrected chi connectivity index (χ0v) is 18.0. The number of fused-ring (bicyclic) bond motifs is 1. The molecule has 0 bridgehead atoms. The molecular weight excluding hydrogens is 398 g/mol. The molecule has 0 atom stereocenters. The van der Waals surface area contributed by atoms with Crippen LogP contribution in [0.25, 0.3) is 33.7 Å². The van der Waals surface area contributed by atoms with Crippen molar-refractivity contribution in [2.75, 3.05) is 12.4 Å². The molecule has 0 spiro atoms. The Bertz CT molecular complexity index is 1350. The van der Waals surface area contributed by atoms with E-state index in [0.29, 0.717) is 5.75 Å². The quantitative estimate of drug-likeness (QED) is 0.408. The summed E-state index contributed by atoms with van der Waals surface area (Å²) in [7, 11) is 1.54. The second kappa shape index (κ2) is 7.78. The van der Waals surface area contributed by atoms with Gasteiger partial charge in [0, 0.05) is 16.8 Å². The number of benzene rings is 3. The number of hydrogen-bond donors (Lipinski definition) is 2. The number of aromatic nitrogens is 2. The minimum Gasteiger partial charge on any atom is -0.504 e.